The van der Waals surface area contributed by atoms with Crippen molar-refractivity contribution in [2.75, 3.05) is 0 Å². The highest BCUT2D eigenvalue weighted by Gasteiger charge is 2.29. The van der Waals surface area contributed by atoms with Gasteiger partial charge in [-0.2, -0.15) is 13.2 Å². The van der Waals surface area contributed by atoms with E-state index in [-0.39, 0.29) is 0 Å². The third kappa shape index (κ3) is 2.61. The van der Waals surface area contributed by atoms with Crippen LogP contribution in [0.25, 0.3) is 5.65 Å². The number of alkyl halides is 3. The fourth-order valence-electron chi connectivity index (χ4n) is 2.28. The third-order valence-electron chi connectivity index (χ3n) is 3.33. The molecule has 3 nitrogen and oxygen atoms in total. The number of fused-ring (bicyclic) bond motifs is 1. The normalized spacial score (nSPS) is 12.0. The molecule has 0 N–H and O–H groups in total. The molecule has 0 bridgehead atoms. The van der Waals surface area contributed by atoms with E-state index in [1.165, 1.54) is 12.1 Å². The number of aromatic nitrogens is 3. The van der Waals surface area contributed by atoms with Gasteiger partial charge in [-0.25, -0.2) is 0 Å². The molecule has 0 amide bonds. The van der Waals surface area contributed by atoms with Crippen molar-refractivity contribution in [2.24, 2.45) is 0 Å². The largest absolute Gasteiger partial charge is 0.416 e. The molecule has 2 aromatic heterocycles. The fraction of sp³-hybridized carbons (Fsp3) is 0.200. The molecule has 0 saturated heterocycles. The molecule has 0 aliphatic heterocycles. The van der Waals surface area contributed by atoms with E-state index >= 15 is 0 Å². The van der Waals surface area contributed by atoms with Crippen LogP contribution in [0.5, 0.6) is 0 Å². The van der Waals surface area contributed by atoms with E-state index in [1.54, 1.807) is 0 Å². The van der Waals surface area contributed by atoms with Gasteiger partial charge in [0.25, 0.3) is 0 Å². The molecule has 0 spiro atoms. The SMILES string of the molecule is Cc1cccc2nnc(Cc3ccc(C(F)(F)F)cc3)n12. The lowest BCUT2D eigenvalue weighted by molar-refractivity contribution is -0.137. The lowest BCUT2D eigenvalue weighted by Gasteiger charge is -2.07. The summed E-state index contributed by atoms with van der Waals surface area (Å²) >= 11 is 0. The van der Waals surface area contributed by atoms with Crippen LogP contribution in [-0.4, -0.2) is 14.6 Å². The Kier molecular flexibility index (Phi) is 3.16. The number of nitrogens with zero attached hydrogens (tertiary/aromatic N) is 3. The van der Waals surface area contributed by atoms with E-state index in [0.29, 0.717) is 12.2 Å². The summed E-state index contributed by atoms with van der Waals surface area (Å²) in [7, 11) is 0. The predicted molar refractivity (Wildman–Crippen MR) is 72.0 cm³/mol. The zero-order chi connectivity index (χ0) is 15.0. The first-order valence-electron chi connectivity index (χ1n) is 6.41. The molecule has 0 aliphatic rings. The van der Waals surface area contributed by atoms with Crippen LogP contribution >= 0.6 is 0 Å². The zero-order valence-corrected chi connectivity index (χ0v) is 11.2. The molecule has 1 aromatic carbocycles. The number of hydrogen-bond donors (Lipinski definition) is 0. The molecule has 0 aliphatic carbocycles. The van der Waals surface area contributed by atoms with E-state index in [2.05, 4.69) is 10.2 Å². The van der Waals surface area contributed by atoms with Crippen molar-refractivity contribution in [1.29, 1.82) is 0 Å². The highest BCUT2D eigenvalue weighted by Crippen LogP contribution is 2.29. The Morgan fingerprint density at radius 1 is 1.00 bits per heavy atom. The number of halogens is 3. The zero-order valence-electron chi connectivity index (χ0n) is 11.2. The van der Waals surface area contributed by atoms with Crippen molar-refractivity contribution in [3.05, 3.63) is 65.1 Å². The lowest BCUT2D eigenvalue weighted by atomic mass is 10.1. The molecule has 21 heavy (non-hydrogen) atoms. The Morgan fingerprint density at radius 3 is 2.38 bits per heavy atom. The Labute approximate surface area is 119 Å². The second kappa shape index (κ2) is 4.87. The molecule has 0 radical (unpaired) electrons. The van der Waals surface area contributed by atoms with Crippen molar-refractivity contribution < 1.29 is 13.2 Å². The standard InChI is InChI=1S/C15H12F3N3/c1-10-3-2-4-13-19-20-14(21(10)13)9-11-5-7-12(8-6-11)15(16,17)18/h2-8H,9H2,1H3. The molecule has 108 valence electrons. The molecule has 0 atom stereocenters. The van der Waals surface area contributed by atoms with Crippen LogP contribution < -0.4 is 0 Å². The topological polar surface area (TPSA) is 30.2 Å². The third-order valence-corrected chi connectivity index (χ3v) is 3.33. The minimum Gasteiger partial charge on any atom is -0.283 e. The monoisotopic (exact) mass is 291 g/mol. The molecule has 0 fully saturated rings. The summed E-state index contributed by atoms with van der Waals surface area (Å²) in [4.78, 5) is 0. The van der Waals surface area contributed by atoms with E-state index in [9.17, 15) is 13.2 Å². The minimum atomic E-state index is -4.31. The van der Waals surface area contributed by atoms with Gasteiger partial charge < -0.3 is 0 Å². The summed E-state index contributed by atoms with van der Waals surface area (Å²) in [6.07, 6.45) is -3.87. The van der Waals surface area contributed by atoms with Gasteiger partial charge in [0.15, 0.2) is 5.65 Å². The quantitative estimate of drug-likeness (QED) is 0.721. The van der Waals surface area contributed by atoms with Crippen molar-refractivity contribution in [3.8, 4) is 0 Å². The Bertz CT molecular complexity index is 773. The average molecular weight is 291 g/mol. The smallest absolute Gasteiger partial charge is 0.283 e. The van der Waals surface area contributed by atoms with Crippen LogP contribution in [0.15, 0.2) is 42.5 Å². The highest BCUT2D eigenvalue weighted by molar-refractivity contribution is 5.40. The second-order valence-corrected chi connectivity index (χ2v) is 4.85. The van der Waals surface area contributed by atoms with Gasteiger partial charge in [0.1, 0.15) is 5.82 Å². The first-order valence-corrected chi connectivity index (χ1v) is 6.41. The van der Waals surface area contributed by atoms with Crippen LogP contribution in [0, 0.1) is 6.92 Å². The summed E-state index contributed by atoms with van der Waals surface area (Å²) in [6, 6.07) is 10.8. The summed E-state index contributed by atoms with van der Waals surface area (Å²) in [5.41, 5.74) is 1.84. The number of aryl methyl sites for hydroxylation is 1. The molecule has 2 heterocycles. The van der Waals surface area contributed by atoms with Gasteiger partial charge in [0, 0.05) is 12.1 Å². The van der Waals surface area contributed by atoms with Crippen LogP contribution in [0.4, 0.5) is 13.2 Å². The highest BCUT2D eigenvalue weighted by atomic mass is 19.4. The first kappa shape index (κ1) is 13.6. The van der Waals surface area contributed by atoms with Crippen molar-refractivity contribution in [3.63, 3.8) is 0 Å². The molecule has 3 rings (SSSR count). The summed E-state index contributed by atoms with van der Waals surface area (Å²) < 4.78 is 39.5. The molecular formula is C15H12F3N3. The maximum atomic E-state index is 12.5. The molecule has 3 aromatic rings. The molecule has 0 unspecified atom stereocenters. The van der Waals surface area contributed by atoms with Gasteiger partial charge in [0.05, 0.1) is 5.56 Å². The predicted octanol–water partition coefficient (Wildman–Crippen LogP) is 3.65. The minimum absolute atomic E-state index is 0.435. The molecule has 0 saturated carbocycles. The van der Waals surface area contributed by atoms with Crippen molar-refractivity contribution >= 4 is 5.65 Å². The van der Waals surface area contributed by atoms with Crippen molar-refractivity contribution in [2.45, 2.75) is 19.5 Å². The Morgan fingerprint density at radius 2 is 1.71 bits per heavy atom. The fourth-order valence-corrected chi connectivity index (χ4v) is 2.28. The Hall–Kier alpha value is -2.37. The molecule has 6 heteroatoms. The van der Waals surface area contributed by atoms with Gasteiger partial charge in [-0.3, -0.25) is 4.40 Å². The number of benzene rings is 1. The number of pyridine rings is 1. The van der Waals surface area contributed by atoms with Crippen molar-refractivity contribution in [1.82, 2.24) is 14.6 Å². The van der Waals surface area contributed by atoms with E-state index in [0.717, 1.165) is 29.0 Å². The van der Waals surface area contributed by atoms with Gasteiger partial charge in [-0.1, -0.05) is 18.2 Å². The average Bonchev–Trinajstić information content (AvgIpc) is 2.83. The van der Waals surface area contributed by atoms with Gasteiger partial charge in [0.2, 0.25) is 0 Å². The van der Waals surface area contributed by atoms with E-state index in [1.807, 2.05) is 29.5 Å². The molecular weight excluding hydrogens is 279 g/mol. The number of hydrogen-bond acceptors (Lipinski definition) is 2. The van der Waals surface area contributed by atoms with Crippen LogP contribution in [0.2, 0.25) is 0 Å². The maximum absolute atomic E-state index is 12.5. The van der Waals surface area contributed by atoms with Gasteiger partial charge >= 0.3 is 6.18 Å². The first-order chi connectivity index (χ1) is 9.95. The summed E-state index contributed by atoms with van der Waals surface area (Å²) in [5, 5.41) is 8.18. The van der Waals surface area contributed by atoms with Crippen LogP contribution in [0.3, 0.4) is 0 Å². The van der Waals surface area contributed by atoms with E-state index in [4.69, 9.17) is 0 Å². The maximum Gasteiger partial charge on any atom is 0.416 e. The van der Waals surface area contributed by atoms with E-state index < -0.39 is 11.7 Å². The van der Waals surface area contributed by atoms with Gasteiger partial charge in [-0.15, -0.1) is 10.2 Å². The Balaban J connectivity index is 1.92. The van der Waals surface area contributed by atoms with Gasteiger partial charge in [-0.05, 0) is 36.8 Å². The number of rotatable bonds is 2. The summed E-state index contributed by atoms with van der Waals surface area (Å²) in [6.45, 7) is 1.94. The van der Waals surface area contributed by atoms with Crippen LogP contribution in [-0.2, 0) is 12.6 Å². The second-order valence-electron chi connectivity index (χ2n) is 4.85. The lowest BCUT2D eigenvalue weighted by Crippen LogP contribution is -2.05. The summed E-state index contributed by atoms with van der Waals surface area (Å²) in [5.74, 6) is 0.711. The van der Waals surface area contributed by atoms with Crippen LogP contribution in [0.1, 0.15) is 22.6 Å².